The topological polar surface area (TPSA) is 64.4 Å². The molecule has 1 heterocycles. The van der Waals surface area contributed by atoms with E-state index in [2.05, 4.69) is 21.2 Å². The Bertz CT molecular complexity index is 754. The number of amides is 1. The molecule has 0 fully saturated rings. The summed E-state index contributed by atoms with van der Waals surface area (Å²) in [7, 11) is 0. The Kier molecular flexibility index (Phi) is 3.61. The van der Waals surface area contributed by atoms with Gasteiger partial charge in [-0.25, -0.2) is 4.39 Å². The van der Waals surface area contributed by atoms with Crippen LogP contribution in [0.3, 0.4) is 0 Å². The molecule has 0 spiro atoms. The van der Waals surface area contributed by atoms with Gasteiger partial charge in [0.15, 0.2) is 0 Å². The maximum absolute atomic E-state index is 13.1. The Morgan fingerprint density at radius 3 is 2.76 bits per heavy atom. The van der Waals surface area contributed by atoms with Gasteiger partial charge in [0.2, 0.25) is 5.91 Å². The molecule has 108 valence electrons. The first-order chi connectivity index (χ1) is 9.95. The molecule has 1 unspecified atom stereocenters. The zero-order valence-corrected chi connectivity index (χ0v) is 12.8. The molecule has 2 aromatic carbocycles. The SMILES string of the molecule is NC1C(=O)Nc2cc(Oc3ccc(F)cc3Br)c(Cl)cc21. The first-order valence-corrected chi connectivity index (χ1v) is 7.15. The minimum absolute atomic E-state index is 0.291. The maximum Gasteiger partial charge on any atom is 0.245 e. The van der Waals surface area contributed by atoms with Crippen molar-refractivity contribution in [3.63, 3.8) is 0 Å². The molecule has 0 aliphatic carbocycles. The van der Waals surface area contributed by atoms with E-state index in [4.69, 9.17) is 22.1 Å². The number of hydrogen-bond donors (Lipinski definition) is 2. The van der Waals surface area contributed by atoms with Crippen LogP contribution in [0.25, 0.3) is 0 Å². The second-order valence-corrected chi connectivity index (χ2v) is 5.78. The van der Waals surface area contributed by atoms with E-state index in [9.17, 15) is 9.18 Å². The number of rotatable bonds is 2. The Morgan fingerprint density at radius 2 is 2.05 bits per heavy atom. The van der Waals surface area contributed by atoms with Crippen molar-refractivity contribution in [3.05, 3.63) is 51.2 Å². The van der Waals surface area contributed by atoms with Crippen molar-refractivity contribution in [1.82, 2.24) is 0 Å². The highest BCUT2D eigenvalue weighted by molar-refractivity contribution is 9.10. The molecule has 0 bridgehead atoms. The number of nitrogens with one attached hydrogen (secondary N) is 1. The molecule has 3 N–H and O–H groups in total. The molecule has 1 atom stereocenters. The fourth-order valence-electron chi connectivity index (χ4n) is 2.04. The fraction of sp³-hybridized carbons (Fsp3) is 0.0714. The molecule has 3 rings (SSSR count). The number of ether oxygens (including phenoxy) is 1. The van der Waals surface area contributed by atoms with Crippen molar-refractivity contribution < 1.29 is 13.9 Å². The summed E-state index contributed by atoms with van der Waals surface area (Å²) in [5.41, 5.74) is 6.92. The number of halogens is 3. The van der Waals surface area contributed by atoms with Crippen molar-refractivity contribution >= 4 is 39.1 Å². The number of fused-ring (bicyclic) bond motifs is 1. The molecule has 0 saturated carbocycles. The van der Waals surface area contributed by atoms with Crippen LogP contribution in [0.5, 0.6) is 11.5 Å². The molecule has 1 aliphatic rings. The van der Waals surface area contributed by atoms with Crippen molar-refractivity contribution in [2.75, 3.05) is 5.32 Å². The quantitative estimate of drug-likeness (QED) is 0.839. The molecule has 0 saturated heterocycles. The number of carbonyl (C=O) groups is 1. The lowest BCUT2D eigenvalue weighted by Crippen LogP contribution is -2.19. The highest BCUT2D eigenvalue weighted by Gasteiger charge is 2.28. The summed E-state index contributed by atoms with van der Waals surface area (Å²) < 4.78 is 19.2. The number of nitrogens with two attached hydrogens (primary N) is 1. The Morgan fingerprint density at radius 1 is 1.29 bits per heavy atom. The minimum atomic E-state index is -0.732. The third kappa shape index (κ3) is 2.62. The third-order valence-electron chi connectivity index (χ3n) is 3.09. The smallest absolute Gasteiger partial charge is 0.245 e. The second-order valence-electron chi connectivity index (χ2n) is 4.51. The first-order valence-electron chi connectivity index (χ1n) is 5.98. The van der Waals surface area contributed by atoms with Crippen LogP contribution in [0.4, 0.5) is 10.1 Å². The van der Waals surface area contributed by atoms with Gasteiger partial charge in [0.25, 0.3) is 0 Å². The monoisotopic (exact) mass is 370 g/mol. The van der Waals surface area contributed by atoms with Gasteiger partial charge in [0.1, 0.15) is 23.4 Å². The van der Waals surface area contributed by atoms with Gasteiger partial charge in [-0.2, -0.15) is 0 Å². The second kappa shape index (κ2) is 5.29. The largest absolute Gasteiger partial charge is 0.455 e. The van der Waals surface area contributed by atoms with E-state index in [1.54, 1.807) is 12.1 Å². The summed E-state index contributed by atoms with van der Waals surface area (Å²) in [6.07, 6.45) is 0. The van der Waals surface area contributed by atoms with Gasteiger partial charge in [-0.3, -0.25) is 4.79 Å². The highest BCUT2D eigenvalue weighted by atomic mass is 79.9. The first kappa shape index (κ1) is 14.3. The summed E-state index contributed by atoms with van der Waals surface area (Å²) in [6.45, 7) is 0. The molecule has 2 aromatic rings. The van der Waals surface area contributed by atoms with Crippen molar-refractivity contribution in [1.29, 1.82) is 0 Å². The van der Waals surface area contributed by atoms with Crippen LogP contribution < -0.4 is 15.8 Å². The number of hydrogen-bond acceptors (Lipinski definition) is 3. The van der Waals surface area contributed by atoms with Crippen molar-refractivity contribution in [3.8, 4) is 11.5 Å². The summed E-state index contributed by atoms with van der Waals surface area (Å²) in [4.78, 5) is 11.5. The van der Waals surface area contributed by atoms with Gasteiger partial charge in [-0.1, -0.05) is 11.6 Å². The molecule has 4 nitrogen and oxygen atoms in total. The van der Waals surface area contributed by atoms with Crippen LogP contribution in [-0.2, 0) is 4.79 Å². The summed E-state index contributed by atoms with van der Waals surface area (Å²) in [5, 5.41) is 2.97. The van der Waals surface area contributed by atoms with E-state index in [0.29, 0.717) is 32.2 Å². The van der Waals surface area contributed by atoms with Gasteiger partial charge >= 0.3 is 0 Å². The van der Waals surface area contributed by atoms with Crippen molar-refractivity contribution in [2.24, 2.45) is 5.73 Å². The predicted molar refractivity (Wildman–Crippen MR) is 81.2 cm³/mol. The van der Waals surface area contributed by atoms with Gasteiger partial charge in [-0.05, 0) is 40.2 Å². The number of anilines is 1. The van der Waals surface area contributed by atoms with E-state index in [1.807, 2.05) is 0 Å². The molecule has 1 aliphatic heterocycles. The van der Waals surface area contributed by atoms with E-state index in [1.165, 1.54) is 18.2 Å². The van der Waals surface area contributed by atoms with Crippen LogP contribution in [0.2, 0.25) is 5.02 Å². The third-order valence-corrected chi connectivity index (χ3v) is 4.01. The van der Waals surface area contributed by atoms with Gasteiger partial charge in [-0.15, -0.1) is 0 Å². The van der Waals surface area contributed by atoms with E-state index < -0.39 is 6.04 Å². The maximum atomic E-state index is 13.1. The lowest BCUT2D eigenvalue weighted by molar-refractivity contribution is -0.116. The number of carbonyl (C=O) groups excluding carboxylic acids is 1. The highest BCUT2D eigenvalue weighted by Crippen LogP contribution is 2.40. The summed E-state index contributed by atoms with van der Waals surface area (Å²) >= 11 is 9.36. The van der Waals surface area contributed by atoms with Crippen LogP contribution in [0.15, 0.2) is 34.8 Å². The van der Waals surface area contributed by atoms with Gasteiger partial charge in [0, 0.05) is 17.3 Å². The fourth-order valence-corrected chi connectivity index (χ4v) is 2.68. The average molecular weight is 372 g/mol. The Hall–Kier alpha value is -1.63. The van der Waals surface area contributed by atoms with Crippen LogP contribution >= 0.6 is 27.5 Å². The normalized spacial score (nSPS) is 16.6. The molecule has 7 heteroatoms. The molecule has 0 aromatic heterocycles. The standard InChI is InChI=1S/C14H9BrClFN2O2/c15-8-3-6(17)1-2-11(8)21-12-5-10-7(4-9(12)16)13(18)14(20)19-10/h1-5,13H,18H2,(H,19,20). The molecule has 0 radical (unpaired) electrons. The van der Waals surface area contributed by atoms with Crippen LogP contribution in [-0.4, -0.2) is 5.91 Å². The zero-order chi connectivity index (χ0) is 15.1. The van der Waals surface area contributed by atoms with Crippen LogP contribution in [0.1, 0.15) is 11.6 Å². The Labute approximate surface area is 133 Å². The minimum Gasteiger partial charge on any atom is -0.455 e. The molecular formula is C14H9BrClFN2O2. The van der Waals surface area contributed by atoms with E-state index in [-0.39, 0.29) is 11.7 Å². The van der Waals surface area contributed by atoms with E-state index >= 15 is 0 Å². The average Bonchev–Trinajstić information content (AvgIpc) is 2.69. The van der Waals surface area contributed by atoms with Gasteiger partial charge < -0.3 is 15.8 Å². The molecular weight excluding hydrogens is 363 g/mol. The summed E-state index contributed by atoms with van der Waals surface area (Å²) in [6, 6.07) is 6.49. The predicted octanol–water partition coefficient (Wildman–Crippen LogP) is 3.99. The van der Waals surface area contributed by atoms with Crippen molar-refractivity contribution in [2.45, 2.75) is 6.04 Å². The Balaban J connectivity index is 1.97. The molecule has 21 heavy (non-hydrogen) atoms. The lowest BCUT2D eigenvalue weighted by Gasteiger charge is -2.11. The zero-order valence-electron chi connectivity index (χ0n) is 10.5. The summed E-state index contributed by atoms with van der Waals surface area (Å²) in [5.74, 6) is 0.0812. The van der Waals surface area contributed by atoms with Crippen LogP contribution in [0, 0.1) is 5.82 Å². The molecule has 1 amide bonds. The lowest BCUT2D eigenvalue weighted by atomic mass is 10.1. The van der Waals surface area contributed by atoms with E-state index in [0.717, 1.165) is 0 Å². The van der Waals surface area contributed by atoms with Gasteiger partial charge in [0.05, 0.1) is 9.50 Å². The number of benzene rings is 2.